The molecule has 25 heavy (non-hydrogen) atoms. The van der Waals surface area contributed by atoms with E-state index in [1.54, 1.807) is 36.5 Å². The summed E-state index contributed by atoms with van der Waals surface area (Å²) in [6, 6.07) is 7.71. The molecular formula is C24H22O. The van der Waals surface area contributed by atoms with Crippen molar-refractivity contribution in [1.82, 2.24) is 0 Å². The Labute approximate surface area is 150 Å². The summed E-state index contributed by atoms with van der Waals surface area (Å²) in [5.41, 5.74) is 5.58. The van der Waals surface area contributed by atoms with Gasteiger partial charge in [-0.3, -0.25) is 0 Å². The van der Waals surface area contributed by atoms with Crippen LogP contribution in [0.15, 0.2) is 63.7 Å². The minimum absolute atomic E-state index is 0.694. The van der Waals surface area contributed by atoms with E-state index < -0.39 is 0 Å². The van der Waals surface area contributed by atoms with E-state index in [2.05, 4.69) is 39.5 Å². The maximum Gasteiger partial charge on any atom is 0.135 e. The Hall–Kier alpha value is -3.32. The van der Waals surface area contributed by atoms with Crippen LogP contribution in [0.2, 0.25) is 0 Å². The summed E-state index contributed by atoms with van der Waals surface area (Å²) in [5, 5.41) is 0. The average molecular weight is 326 g/mol. The SMILES string of the molecule is C=Cc1ccc(Oc2ccc(C=C)c(C=C)c2C=C)c(C=C)c1C=C. The molecule has 0 aliphatic rings. The first kappa shape index (κ1) is 18.0. The van der Waals surface area contributed by atoms with Crippen LogP contribution >= 0.6 is 0 Å². The highest BCUT2D eigenvalue weighted by Crippen LogP contribution is 2.36. The van der Waals surface area contributed by atoms with Gasteiger partial charge in [-0.15, -0.1) is 0 Å². The molecule has 124 valence electrons. The van der Waals surface area contributed by atoms with E-state index in [1.807, 2.05) is 24.3 Å². The quantitative estimate of drug-likeness (QED) is 0.493. The van der Waals surface area contributed by atoms with E-state index in [0.29, 0.717) is 11.5 Å². The average Bonchev–Trinajstić information content (AvgIpc) is 2.66. The zero-order valence-electron chi connectivity index (χ0n) is 14.4. The van der Waals surface area contributed by atoms with Gasteiger partial charge in [0.2, 0.25) is 0 Å². The summed E-state index contributed by atoms with van der Waals surface area (Å²) in [5.74, 6) is 1.39. The fraction of sp³-hybridized carbons (Fsp3) is 0. The van der Waals surface area contributed by atoms with Crippen molar-refractivity contribution in [3.05, 3.63) is 97.1 Å². The van der Waals surface area contributed by atoms with E-state index in [1.165, 1.54) is 0 Å². The van der Waals surface area contributed by atoms with Crippen LogP contribution in [0.4, 0.5) is 0 Å². The molecule has 0 aliphatic heterocycles. The molecule has 0 N–H and O–H groups in total. The van der Waals surface area contributed by atoms with Crippen molar-refractivity contribution in [1.29, 1.82) is 0 Å². The third-order valence-electron chi connectivity index (χ3n) is 4.04. The highest BCUT2D eigenvalue weighted by molar-refractivity contribution is 5.78. The molecule has 0 fully saturated rings. The summed E-state index contributed by atoms with van der Waals surface area (Å²) in [7, 11) is 0. The van der Waals surface area contributed by atoms with Gasteiger partial charge in [-0.05, 0) is 34.4 Å². The maximum atomic E-state index is 6.20. The third-order valence-corrected chi connectivity index (χ3v) is 4.04. The van der Waals surface area contributed by atoms with Crippen LogP contribution in [0.1, 0.15) is 33.4 Å². The van der Waals surface area contributed by atoms with Gasteiger partial charge >= 0.3 is 0 Å². The number of hydrogen-bond donors (Lipinski definition) is 0. The van der Waals surface area contributed by atoms with E-state index in [4.69, 9.17) is 4.74 Å². The van der Waals surface area contributed by atoms with Crippen LogP contribution in [-0.2, 0) is 0 Å². The van der Waals surface area contributed by atoms with Crippen molar-refractivity contribution < 1.29 is 4.74 Å². The Morgan fingerprint density at radius 2 is 0.840 bits per heavy atom. The molecule has 0 saturated carbocycles. The van der Waals surface area contributed by atoms with Crippen LogP contribution in [0.25, 0.3) is 36.5 Å². The molecule has 0 aromatic heterocycles. The van der Waals surface area contributed by atoms with Crippen molar-refractivity contribution in [2.24, 2.45) is 0 Å². The summed E-state index contributed by atoms with van der Waals surface area (Å²) < 4.78 is 6.20. The molecule has 0 aliphatic carbocycles. The van der Waals surface area contributed by atoms with Gasteiger partial charge < -0.3 is 4.74 Å². The first-order chi connectivity index (χ1) is 12.1. The molecule has 0 heterocycles. The summed E-state index contributed by atoms with van der Waals surface area (Å²) in [6.45, 7) is 23.3. The van der Waals surface area contributed by atoms with Crippen LogP contribution in [0.3, 0.4) is 0 Å². The Kier molecular flexibility index (Phi) is 5.75. The van der Waals surface area contributed by atoms with E-state index in [-0.39, 0.29) is 0 Å². The predicted molar refractivity (Wildman–Crippen MR) is 114 cm³/mol. The van der Waals surface area contributed by atoms with Gasteiger partial charge in [0.25, 0.3) is 0 Å². The standard InChI is InChI=1S/C24H22O/c1-7-17-13-15-23(21(11-5)19(17)9-3)25-24-16-14-18(8-2)20(10-4)22(24)12-6/h7-16H,1-6H2. The van der Waals surface area contributed by atoms with E-state index in [0.717, 1.165) is 33.4 Å². The van der Waals surface area contributed by atoms with Gasteiger partial charge in [-0.25, -0.2) is 0 Å². The highest BCUT2D eigenvalue weighted by atomic mass is 16.5. The molecule has 0 bridgehead atoms. The number of benzene rings is 2. The lowest BCUT2D eigenvalue weighted by Crippen LogP contribution is -1.96. The van der Waals surface area contributed by atoms with Gasteiger partial charge in [0.05, 0.1) is 0 Å². The van der Waals surface area contributed by atoms with Gasteiger partial charge in [-0.1, -0.05) is 88.1 Å². The lowest BCUT2D eigenvalue weighted by Gasteiger charge is -2.17. The van der Waals surface area contributed by atoms with E-state index in [9.17, 15) is 0 Å². The van der Waals surface area contributed by atoms with Crippen LogP contribution in [0.5, 0.6) is 11.5 Å². The summed E-state index contributed by atoms with van der Waals surface area (Å²) >= 11 is 0. The number of rotatable bonds is 8. The molecule has 2 rings (SSSR count). The topological polar surface area (TPSA) is 9.23 Å². The minimum Gasteiger partial charge on any atom is -0.456 e. The predicted octanol–water partition coefficient (Wildman–Crippen LogP) is 7.34. The van der Waals surface area contributed by atoms with Crippen LogP contribution < -0.4 is 4.74 Å². The van der Waals surface area contributed by atoms with Gasteiger partial charge in [-0.2, -0.15) is 0 Å². The summed E-state index contributed by atoms with van der Waals surface area (Å²) in [6.07, 6.45) is 10.7. The van der Waals surface area contributed by atoms with Gasteiger partial charge in [0, 0.05) is 11.1 Å². The molecule has 1 nitrogen and oxygen atoms in total. The normalized spacial score (nSPS) is 9.76. The lowest BCUT2D eigenvalue weighted by molar-refractivity contribution is 0.480. The van der Waals surface area contributed by atoms with Crippen molar-refractivity contribution in [3.63, 3.8) is 0 Å². The fourth-order valence-electron chi connectivity index (χ4n) is 2.80. The number of ether oxygens (including phenoxy) is 1. The first-order valence-electron chi connectivity index (χ1n) is 7.91. The lowest BCUT2D eigenvalue weighted by atomic mass is 9.98. The Morgan fingerprint density at radius 3 is 1.12 bits per heavy atom. The van der Waals surface area contributed by atoms with Crippen molar-refractivity contribution in [2.75, 3.05) is 0 Å². The smallest absolute Gasteiger partial charge is 0.135 e. The second kappa shape index (κ2) is 7.98. The zero-order valence-corrected chi connectivity index (χ0v) is 14.4. The van der Waals surface area contributed by atoms with Crippen LogP contribution in [-0.4, -0.2) is 0 Å². The highest BCUT2D eigenvalue weighted by Gasteiger charge is 2.13. The fourth-order valence-corrected chi connectivity index (χ4v) is 2.80. The first-order valence-corrected chi connectivity index (χ1v) is 7.91. The van der Waals surface area contributed by atoms with Crippen molar-refractivity contribution >= 4 is 36.5 Å². The summed E-state index contributed by atoms with van der Waals surface area (Å²) in [4.78, 5) is 0. The number of hydrogen-bond acceptors (Lipinski definition) is 1. The third kappa shape index (κ3) is 3.31. The van der Waals surface area contributed by atoms with E-state index >= 15 is 0 Å². The molecule has 0 unspecified atom stereocenters. The molecule has 0 radical (unpaired) electrons. The Balaban J connectivity index is 2.65. The molecule has 0 amide bonds. The Bertz CT molecular complexity index is 808. The molecule has 2 aromatic carbocycles. The molecular weight excluding hydrogens is 304 g/mol. The second-order valence-corrected chi connectivity index (χ2v) is 5.29. The maximum absolute atomic E-state index is 6.20. The van der Waals surface area contributed by atoms with Crippen molar-refractivity contribution in [2.45, 2.75) is 0 Å². The zero-order chi connectivity index (χ0) is 18.4. The molecule has 0 saturated heterocycles. The van der Waals surface area contributed by atoms with Crippen molar-refractivity contribution in [3.8, 4) is 11.5 Å². The molecule has 1 heteroatoms. The van der Waals surface area contributed by atoms with Gasteiger partial charge in [0.15, 0.2) is 0 Å². The molecule has 0 spiro atoms. The second-order valence-electron chi connectivity index (χ2n) is 5.29. The monoisotopic (exact) mass is 326 g/mol. The van der Waals surface area contributed by atoms with Gasteiger partial charge in [0.1, 0.15) is 11.5 Å². The van der Waals surface area contributed by atoms with Crippen LogP contribution in [0, 0.1) is 0 Å². The molecule has 0 atom stereocenters. The Morgan fingerprint density at radius 1 is 0.480 bits per heavy atom. The minimum atomic E-state index is 0.694. The largest absolute Gasteiger partial charge is 0.456 e. The molecule has 2 aromatic rings.